The molecule has 1 heterocycles. The molecule has 2 N–H and O–H groups in total. The van der Waals surface area contributed by atoms with E-state index in [2.05, 4.69) is 5.32 Å². The highest BCUT2D eigenvalue weighted by Gasteiger charge is 2.37. The molecule has 0 aliphatic carbocycles. The van der Waals surface area contributed by atoms with E-state index in [1.807, 2.05) is 4.90 Å². The molecule has 5 nitrogen and oxygen atoms in total. The molecule has 0 unspecified atom stereocenters. The zero-order valence-electron chi connectivity index (χ0n) is 11.9. The molecule has 114 valence electrons. The number of amides is 1. The summed E-state index contributed by atoms with van der Waals surface area (Å²) in [4.78, 5) is 25.1. The summed E-state index contributed by atoms with van der Waals surface area (Å²) in [5, 5.41) is 12.5. The van der Waals surface area contributed by atoms with Crippen LogP contribution in [0.1, 0.15) is 19.8 Å². The number of anilines is 1. The number of carbonyl (C=O) groups excluding carboxylic acids is 1. The number of carbonyl (C=O) groups is 2. The zero-order chi connectivity index (χ0) is 15.5. The van der Waals surface area contributed by atoms with Crippen molar-refractivity contribution in [1.82, 2.24) is 4.90 Å². The average Bonchev–Trinajstić information content (AvgIpc) is 2.41. The van der Waals surface area contributed by atoms with Crippen molar-refractivity contribution < 1.29 is 14.7 Å². The van der Waals surface area contributed by atoms with Gasteiger partial charge in [-0.25, -0.2) is 0 Å². The van der Waals surface area contributed by atoms with Crippen molar-refractivity contribution in [2.45, 2.75) is 19.8 Å². The first-order chi connectivity index (χ1) is 9.89. The number of carboxylic acids is 1. The van der Waals surface area contributed by atoms with Crippen LogP contribution in [0, 0.1) is 5.41 Å². The topological polar surface area (TPSA) is 69.6 Å². The second-order valence-corrected chi connectivity index (χ2v) is 6.14. The summed E-state index contributed by atoms with van der Waals surface area (Å²) < 4.78 is 0. The average molecular weight is 311 g/mol. The van der Waals surface area contributed by atoms with Crippen molar-refractivity contribution in [3.63, 3.8) is 0 Å². The first-order valence-corrected chi connectivity index (χ1v) is 7.28. The van der Waals surface area contributed by atoms with Crippen LogP contribution in [-0.2, 0) is 9.59 Å². The molecule has 1 aliphatic rings. The lowest BCUT2D eigenvalue weighted by Crippen LogP contribution is -2.45. The van der Waals surface area contributed by atoms with Gasteiger partial charge in [0.1, 0.15) is 0 Å². The highest BCUT2D eigenvalue weighted by Crippen LogP contribution is 2.30. The number of hydrogen-bond donors (Lipinski definition) is 2. The summed E-state index contributed by atoms with van der Waals surface area (Å²) in [6, 6.07) is 6.99. The Kier molecular flexibility index (Phi) is 4.85. The number of nitrogens with one attached hydrogen (secondary N) is 1. The second-order valence-electron chi connectivity index (χ2n) is 5.70. The first kappa shape index (κ1) is 15.8. The van der Waals surface area contributed by atoms with Gasteiger partial charge >= 0.3 is 5.97 Å². The number of halogens is 1. The van der Waals surface area contributed by atoms with E-state index in [4.69, 9.17) is 11.6 Å². The number of benzene rings is 1. The van der Waals surface area contributed by atoms with Crippen molar-refractivity contribution in [1.29, 1.82) is 0 Å². The van der Waals surface area contributed by atoms with Crippen LogP contribution in [0.15, 0.2) is 24.3 Å². The van der Waals surface area contributed by atoms with Crippen LogP contribution < -0.4 is 5.32 Å². The van der Waals surface area contributed by atoms with E-state index in [9.17, 15) is 14.7 Å². The summed E-state index contributed by atoms with van der Waals surface area (Å²) in [5.41, 5.74) is -0.000176. The molecular weight excluding hydrogens is 292 g/mol. The van der Waals surface area contributed by atoms with Crippen LogP contribution in [0.4, 0.5) is 5.69 Å². The van der Waals surface area contributed by atoms with E-state index >= 15 is 0 Å². The third-order valence-electron chi connectivity index (χ3n) is 3.95. The van der Waals surface area contributed by atoms with E-state index in [0.717, 1.165) is 0 Å². The van der Waals surface area contributed by atoms with Crippen LogP contribution in [0.25, 0.3) is 0 Å². The number of rotatable bonds is 4. The van der Waals surface area contributed by atoms with Gasteiger partial charge in [0.05, 0.1) is 12.0 Å². The number of aliphatic carboxylic acids is 1. The van der Waals surface area contributed by atoms with Crippen molar-refractivity contribution in [3.05, 3.63) is 29.3 Å². The van der Waals surface area contributed by atoms with Gasteiger partial charge in [0.25, 0.3) is 0 Å². The van der Waals surface area contributed by atoms with Crippen LogP contribution in [0.5, 0.6) is 0 Å². The van der Waals surface area contributed by atoms with Gasteiger partial charge < -0.3 is 10.4 Å². The van der Waals surface area contributed by atoms with E-state index in [0.29, 0.717) is 36.6 Å². The molecule has 1 aliphatic heterocycles. The summed E-state index contributed by atoms with van der Waals surface area (Å²) in [5.74, 6) is -0.873. The molecule has 1 fully saturated rings. The molecule has 1 amide bonds. The van der Waals surface area contributed by atoms with E-state index in [1.54, 1.807) is 31.2 Å². The fourth-order valence-electron chi connectivity index (χ4n) is 2.39. The Labute approximate surface area is 128 Å². The van der Waals surface area contributed by atoms with Gasteiger partial charge in [-0.3, -0.25) is 14.5 Å². The monoisotopic (exact) mass is 310 g/mol. The molecule has 1 aromatic rings. The fourth-order valence-corrected chi connectivity index (χ4v) is 2.58. The van der Waals surface area contributed by atoms with E-state index in [-0.39, 0.29) is 12.5 Å². The largest absolute Gasteiger partial charge is 0.481 e. The second kappa shape index (κ2) is 6.45. The third kappa shape index (κ3) is 4.19. The maximum atomic E-state index is 12.0. The van der Waals surface area contributed by atoms with Gasteiger partial charge in [0.2, 0.25) is 5.91 Å². The van der Waals surface area contributed by atoms with Crippen molar-refractivity contribution in [2.75, 3.05) is 25.0 Å². The van der Waals surface area contributed by atoms with Gasteiger partial charge in [-0.05, 0) is 51.1 Å². The Balaban J connectivity index is 1.83. The quantitative estimate of drug-likeness (QED) is 0.896. The lowest BCUT2D eigenvalue weighted by atomic mass is 9.80. The highest BCUT2D eigenvalue weighted by atomic mass is 35.5. The molecule has 1 aromatic carbocycles. The highest BCUT2D eigenvalue weighted by molar-refractivity contribution is 6.30. The molecule has 0 spiro atoms. The SMILES string of the molecule is CC1(C(=O)O)CCN(CC(=O)Nc2cccc(Cl)c2)CC1. The van der Waals surface area contributed by atoms with Crippen LogP contribution in [-0.4, -0.2) is 41.5 Å². The molecule has 21 heavy (non-hydrogen) atoms. The van der Waals surface area contributed by atoms with Crippen molar-refractivity contribution >= 4 is 29.2 Å². The lowest BCUT2D eigenvalue weighted by molar-refractivity contribution is -0.150. The minimum absolute atomic E-state index is 0.115. The van der Waals surface area contributed by atoms with Crippen molar-refractivity contribution in [3.8, 4) is 0 Å². The minimum Gasteiger partial charge on any atom is -0.481 e. The lowest BCUT2D eigenvalue weighted by Gasteiger charge is -2.35. The maximum Gasteiger partial charge on any atom is 0.309 e. The smallest absolute Gasteiger partial charge is 0.309 e. The number of hydrogen-bond acceptors (Lipinski definition) is 3. The summed E-state index contributed by atoms with van der Waals surface area (Å²) in [6.45, 7) is 3.26. The first-order valence-electron chi connectivity index (χ1n) is 6.90. The predicted molar refractivity (Wildman–Crippen MR) is 81.5 cm³/mol. The van der Waals surface area contributed by atoms with Crippen LogP contribution in [0.3, 0.4) is 0 Å². The van der Waals surface area contributed by atoms with Gasteiger partial charge in [-0.2, -0.15) is 0 Å². The molecular formula is C15H19ClN2O3. The molecule has 0 radical (unpaired) electrons. The van der Waals surface area contributed by atoms with Gasteiger partial charge in [-0.1, -0.05) is 17.7 Å². The third-order valence-corrected chi connectivity index (χ3v) is 4.19. The van der Waals surface area contributed by atoms with E-state index < -0.39 is 11.4 Å². The Morgan fingerprint density at radius 1 is 1.38 bits per heavy atom. The zero-order valence-corrected chi connectivity index (χ0v) is 12.7. The van der Waals surface area contributed by atoms with Gasteiger partial charge in [0.15, 0.2) is 0 Å². The Morgan fingerprint density at radius 3 is 2.62 bits per heavy atom. The molecule has 0 aromatic heterocycles. The maximum absolute atomic E-state index is 12.0. The predicted octanol–water partition coefficient (Wildman–Crippen LogP) is 2.47. The van der Waals surface area contributed by atoms with E-state index in [1.165, 1.54) is 0 Å². The normalized spacial score (nSPS) is 18.2. The number of piperidine rings is 1. The van der Waals surface area contributed by atoms with Gasteiger partial charge in [0, 0.05) is 10.7 Å². The number of nitrogens with zero attached hydrogens (tertiary/aromatic N) is 1. The molecule has 0 atom stereocenters. The molecule has 6 heteroatoms. The summed E-state index contributed by atoms with van der Waals surface area (Å²) in [6.07, 6.45) is 1.12. The Morgan fingerprint density at radius 2 is 2.05 bits per heavy atom. The summed E-state index contributed by atoms with van der Waals surface area (Å²) >= 11 is 5.86. The Hall–Kier alpha value is -1.59. The minimum atomic E-state index is -0.759. The number of carboxylic acid groups (broad SMARTS) is 1. The molecule has 2 rings (SSSR count). The van der Waals surface area contributed by atoms with Crippen LogP contribution in [0.2, 0.25) is 5.02 Å². The fraction of sp³-hybridized carbons (Fsp3) is 0.467. The van der Waals surface area contributed by atoms with Gasteiger partial charge in [-0.15, -0.1) is 0 Å². The Bertz CT molecular complexity index is 539. The molecule has 1 saturated heterocycles. The number of likely N-dealkylation sites (tertiary alicyclic amines) is 1. The summed E-state index contributed by atoms with van der Waals surface area (Å²) in [7, 11) is 0. The standard InChI is InChI=1S/C15H19ClN2O3/c1-15(14(20)21)5-7-18(8-6-15)10-13(19)17-12-4-2-3-11(16)9-12/h2-4,9H,5-8,10H2,1H3,(H,17,19)(H,20,21). The van der Waals surface area contributed by atoms with Crippen molar-refractivity contribution in [2.24, 2.45) is 5.41 Å². The molecule has 0 bridgehead atoms. The van der Waals surface area contributed by atoms with Crippen LogP contribution >= 0.6 is 11.6 Å². The molecule has 0 saturated carbocycles.